The van der Waals surface area contributed by atoms with Crippen LogP contribution in [-0.4, -0.2) is 52.1 Å². The molecule has 1 N–H and O–H groups in total. The Bertz CT molecular complexity index is 404. The van der Waals surface area contributed by atoms with Gasteiger partial charge in [0.15, 0.2) is 0 Å². The van der Waals surface area contributed by atoms with Gasteiger partial charge in [0.25, 0.3) is 0 Å². The number of hydrogen-bond donors (Lipinski definition) is 1. The summed E-state index contributed by atoms with van der Waals surface area (Å²) in [6, 6.07) is 9.64. The summed E-state index contributed by atoms with van der Waals surface area (Å²) in [6.07, 6.45) is 0.0535. The van der Waals surface area contributed by atoms with Gasteiger partial charge in [0.2, 0.25) is 0 Å². The molecule has 5 nitrogen and oxygen atoms in total. The van der Waals surface area contributed by atoms with Crippen molar-refractivity contribution in [2.24, 2.45) is 0 Å². The molecule has 0 amide bonds. The van der Waals surface area contributed by atoms with Crippen molar-refractivity contribution in [1.82, 2.24) is 5.32 Å². The molecule has 1 saturated heterocycles. The van der Waals surface area contributed by atoms with Crippen LogP contribution in [0.4, 0.5) is 0 Å². The number of carbonyl (C=O) groups excluding carboxylic acids is 1. The number of carbonyl (C=O) groups is 1. The largest absolute Gasteiger partial charge is 0.469 e. The molecule has 0 aromatic heterocycles. The maximum absolute atomic E-state index is 11.9. The van der Waals surface area contributed by atoms with Crippen molar-refractivity contribution in [2.45, 2.75) is 12.0 Å². The Hall–Kier alpha value is -1.43. The van der Waals surface area contributed by atoms with Crippen LogP contribution in [0.5, 0.6) is 0 Å². The fourth-order valence-corrected chi connectivity index (χ4v) is 2.21. The quantitative estimate of drug-likeness (QED) is 0.786. The molecule has 20 heavy (non-hydrogen) atoms. The average molecular weight is 279 g/mol. The fourth-order valence-electron chi connectivity index (χ4n) is 2.21. The lowest BCUT2D eigenvalue weighted by Gasteiger charge is -2.24. The summed E-state index contributed by atoms with van der Waals surface area (Å²) in [6.45, 7) is 3.08. The lowest BCUT2D eigenvalue weighted by atomic mass is 9.99. The highest BCUT2D eigenvalue weighted by molar-refractivity contribution is 5.78. The van der Waals surface area contributed by atoms with Crippen LogP contribution in [0.1, 0.15) is 11.5 Å². The molecule has 1 aliphatic rings. The average Bonchev–Trinajstić information content (AvgIpc) is 2.53. The normalized spacial score (nSPS) is 20.4. The molecule has 2 atom stereocenters. The highest BCUT2D eigenvalue weighted by Crippen LogP contribution is 2.16. The number of benzene rings is 1. The van der Waals surface area contributed by atoms with Crippen molar-refractivity contribution in [3.05, 3.63) is 35.9 Å². The van der Waals surface area contributed by atoms with Gasteiger partial charge in [-0.05, 0) is 5.56 Å². The van der Waals surface area contributed by atoms with Crippen molar-refractivity contribution in [3.63, 3.8) is 0 Å². The summed E-state index contributed by atoms with van der Waals surface area (Å²) in [7, 11) is 1.41. The van der Waals surface area contributed by atoms with Gasteiger partial charge in [-0.1, -0.05) is 30.3 Å². The number of esters is 1. The first-order valence-electron chi connectivity index (χ1n) is 6.84. The lowest BCUT2D eigenvalue weighted by molar-refractivity contribution is -0.142. The molecule has 2 rings (SSSR count). The van der Waals surface area contributed by atoms with Gasteiger partial charge >= 0.3 is 5.97 Å². The smallest absolute Gasteiger partial charge is 0.314 e. The van der Waals surface area contributed by atoms with Gasteiger partial charge in [-0.15, -0.1) is 0 Å². The van der Waals surface area contributed by atoms with Gasteiger partial charge in [-0.25, -0.2) is 0 Å². The SMILES string of the molecule is COC(=O)C(CNCC1COCCO1)c1ccccc1. The predicted molar refractivity (Wildman–Crippen MR) is 74.6 cm³/mol. The monoisotopic (exact) mass is 279 g/mol. The molecule has 1 heterocycles. The van der Waals surface area contributed by atoms with E-state index in [4.69, 9.17) is 14.2 Å². The molecule has 1 fully saturated rings. The second kappa shape index (κ2) is 7.99. The zero-order chi connectivity index (χ0) is 14.2. The molecule has 110 valence electrons. The first kappa shape index (κ1) is 15.0. The summed E-state index contributed by atoms with van der Waals surface area (Å²) in [5, 5.41) is 3.26. The molecule has 0 saturated carbocycles. The van der Waals surface area contributed by atoms with Crippen LogP contribution in [0.2, 0.25) is 0 Å². The molecule has 0 aliphatic carbocycles. The summed E-state index contributed by atoms with van der Waals surface area (Å²) in [5.74, 6) is -0.532. The Morgan fingerprint density at radius 3 is 2.85 bits per heavy atom. The summed E-state index contributed by atoms with van der Waals surface area (Å²) < 4.78 is 15.8. The standard InChI is InChI=1S/C15H21NO4/c1-18-15(17)14(12-5-3-2-4-6-12)10-16-9-13-11-19-7-8-20-13/h2-6,13-14,16H,7-11H2,1H3. The van der Waals surface area contributed by atoms with Crippen LogP contribution in [0.15, 0.2) is 30.3 Å². The summed E-state index contributed by atoms with van der Waals surface area (Å²) in [4.78, 5) is 11.9. The molecule has 5 heteroatoms. The molecular formula is C15H21NO4. The number of rotatable bonds is 6. The van der Waals surface area contributed by atoms with E-state index in [0.717, 1.165) is 5.56 Å². The minimum atomic E-state index is -0.300. The van der Waals surface area contributed by atoms with Crippen molar-refractivity contribution >= 4 is 5.97 Å². The van der Waals surface area contributed by atoms with E-state index in [2.05, 4.69) is 5.32 Å². The van der Waals surface area contributed by atoms with Crippen LogP contribution >= 0.6 is 0 Å². The highest BCUT2D eigenvalue weighted by Gasteiger charge is 2.22. The van der Waals surface area contributed by atoms with Crippen molar-refractivity contribution in [3.8, 4) is 0 Å². The van der Waals surface area contributed by atoms with Crippen molar-refractivity contribution < 1.29 is 19.0 Å². The van der Waals surface area contributed by atoms with Gasteiger partial charge in [0.05, 0.1) is 39.0 Å². The van der Waals surface area contributed by atoms with Crippen molar-refractivity contribution in [1.29, 1.82) is 0 Å². The van der Waals surface area contributed by atoms with E-state index >= 15 is 0 Å². The van der Waals surface area contributed by atoms with Crippen LogP contribution in [0.3, 0.4) is 0 Å². The van der Waals surface area contributed by atoms with Gasteiger partial charge in [-0.2, -0.15) is 0 Å². The fraction of sp³-hybridized carbons (Fsp3) is 0.533. The third-order valence-corrected chi connectivity index (χ3v) is 3.29. The molecule has 0 radical (unpaired) electrons. The van der Waals surface area contributed by atoms with Gasteiger partial charge < -0.3 is 19.5 Å². The van der Waals surface area contributed by atoms with Gasteiger partial charge in [0.1, 0.15) is 0 Å². The Labute approximate surface area is 119 Å². The maximum atomic E-state index is 11.9. The van der Waals surface area contributed by atoms with Gasteiger partial charge in [0, 0.05) is 13.1 Å². The van der Waals surface area contributed by atoms with E-state index in [1.165, 1.54) is 7.11 Å². The van der Waals surface area contributed by atoms with Crippen LogP contribution < -0.4 is 5.32 Å². The lowest BCUT2D eigenvalue weighted by Crippen LogP contribution is -2.39. The zero-order valence-electron chi connectivity index (χ0n) is 11.7. The molecule has 1 aromatic carbocycles. The summed E-state index contributed by atoms with van der Waals surface area (Å²) in [5.41, 5.74) is 0.952. The van der Waals surface area contributed by atoms with Crippen LogP contribution in [0, 0.1) is 0 Å². The molecule has 1 aliphatic heterocycles. The van der Waals surface area contributed by atoms with E-state index in [1.54, 1.807) is 0 Å². The summed E-state index contributed by atoms with van der Waals surface area (Å²) >= 11 is 0. The predicted octanol–water partition coefficient (Wildman–Crippen LogP) is 0.948. The van der Waals surface area contributed by atoms with E-state index < -0.39 is 0 Å². The van der Waals surface area contributed by atoms with E-state index in [-0.39, 0.29) is 18.0 Å². The molecule has 1 aromatic rings. The second-order valence-corrected chi connectivity index (χ2v) is 4.71. The topological polar surface area (TPSA) is 56.8 Å². The Balaban J connectivity index is 1.86. The van der Waals surface area contributed by atoms with E-state index in [0.29, 0.717) is 32.9 Å². The molecule has 2 unspecified atom stereocenters. The maximum Gasteiger partial charge on any atom is 0.314 e. The van der Waals surface area contributed by atoms with Crippen LogP contribution in [-0.2, 0) is 19.0 Å². The Morgan fingerprint density at radius 2 is 2.20 bits per heavy atom. The van der Waals surface area contributed by atoms with Crippen molar-refractivity contribution in [2.75, 3.05) is 40.0 Å². The molecule has 0 spiro atoms. The molecular weight excluding hydrogens is 258 g/mol. The first-order chi connectivity index (χ1) is 9.81. The number of methoxy groups -OCH3 is 1. The number of hydrogen-bond acceptors (Lipinski definition) is 5. The third kappa shape index (κ3) is 4.30. The van der Waals surface area contributed by atoms with Crippen LogP contribution in [0.25, 0.3) is 0 Å². The van der Waals surface area contributed by atoms with E-state index in [1.807, 2.05) is 30.3 Å². The number of nitrogens with one attached hydrogen (secondary N) is 1. The number of ether oxygens (including phenoxy) is 3. The van der Waals surface area contributed by atoms with Gasteiger partial charge in [-0.3, -0.25) is 4.79 Å². The minimum Gasteiger partial charge on any atom is -0.469 e. The zero-order valence-corrected chi connectivity index (χ0v) is 11.7. The Kier molecular flexibility index (Phi) is 5.98. The highest BCUT2D eigenvalue weighted by atomic mass is 16.6. The van der Waals surface area contributed by atoms with E-state index in [9.17, 15) is 4.79 Å². The first-order valence-corrected chi connectivity index (χ1v) is 6.84. The Morgan fingerprint density at radius 1 is 1.40 bits per heavy atom. The minimum absolute atomic E-state index is 0.0535. The second-order valence-electron chi connectivity index (χ2n) is 4.71. The third-order valence-electron chi connectivity index (χ3n) is 3.29. The molecule has 0 bridgehead atoms.